The standard InChI is InChI=1S/C8H8BNO2.C8H6BrN/c1-6-2-3-8(9(11)12)4-7(6)5-10;1-6-2-3-8(9)4-7(6)5-10/h2-4,11-12H,1H3;2-4H,1H3. The van der Waals surface area contributed by atoms with Crippen molar-refractivity contribution in [1.82, 2.24) is 0 Å². The van der Waals surface area contributed by atoms with Crippen molar-refractivity contribution in [2.45, 2.75) is 13.8 Å². The van der Waals surface area contributed by atoms with Crippen molar-refractivity contribution in [2.24, 2.45) is 0 Å². The molecule has 2 aromatic carbocycles. The molecule has 0 saturated carbocycles. The Hall–Kier alpha value is -2.12. The molecule has 0 atom stereocenters. The number of nitriles is 2. The quantitative estimate of drug-likeness (QED) is 0.766. The van der Waals surface area contributed by atoms with Gasteiger partial charge in [0.25, 0.3) is 0 Å². The van der Waals surface area contributed by atoms with Crippen molar-refractivity contribution < 1.29 is 10.0 Å². The lowest BCUT2D eigenvalue weighted by Crippen LogP contribution is -2.29. The molecule has 110 valence electrons. The third-order valence-corrected chi connectivity index (χ3v) is 3.49. The van der Waals surface area contributed by atoms with Gasteiger partial charge in [-0.3, -0.25) is 0 Å². The highest BCUT2D eigenvalue weighted by molar-refractivity contribution is 9.10. The SMILES string of the molecule is Cc1ccc(B(O)O)cc1C#N.Cc1ccc(Br)cc1C#N. The first-order valence-corrected chi connectivity index (χ1v) is 7.21. The summed E-state index contributed by atoms with van der Waals surface area (Å²) in [7, 11) is -1.50. The Labute approximate surface area is 138 Å². The number of benzene rings is 2. The number of rotatable bonds is 1. The maximum atomic E-state index is 8.78. The topological polar surface area (TPSA) is 88.0 Å². The molecule has 0 saturated heterocycles. The number of nitrogens with zero attached hydrogens (tertiary/aromatic N) is 2. The van der Waals surface area contributed by atoms with Gasteiger partial charge in [0.2, 0.25) is 0 Å². The number of halogens is 1. The van der Waals surface area contributed by atoms with Gasteiger partial charge >= 0.3 is 7.12 Å². The summed E-state index contributed by atoms with van der Waals surface area (Å²) >= 11 is 3.29. The zero-order chi connectivity index (χ0) is 16.7. The fourth-order valence-corrected chi connectivity index (χ4v) is 2.00. The summed E-state index contributed by atoms with van der Waals surface area (Å²) in [5, 5.41) is 34.7. The second-order valence-corrected chi connectivity index (χ2v) is 5.55. The van der Waals surface area contributed by atoms with E-state index >= 15 is 0 Å². The molecule has 6 heteroatoms. The van der Waals surface area contributed by atoms with E-state index in [0.717, 1.165) is 21.2 Å². The van der Waals surface area contributed by atoms with Crippen LogP contribution in [0, 0.1) is 36.5 Å². The van der Waals surface area contributed by atoms with E-state index < -0.39 is 7.12 Å². The number of aryl methyl sites for hydroxylation is 2. The third-order valence-electron chi connectivity index (χ3n) is 3.00. The molecule has 0 spiro atoms. The molecule has 0 amide bonds. The normalized spacial score (nSPS) is 9.05. The number of hydrogen-bond acceptors (Lipinski definition) is 4. The second kappa shape index (κ2) is 8.36. The van der Waals surface area contributed by atoms with E-state index in [1.807, 2.05) is 31.2 Å². The minimum atomic E-state index is -1.50. The van der Waals surface area contributed by atoms with Crippen LogP contribution >= 0.6 is 15.9 Å². The van der Waals surface area contributed by atoms with Crippen LogP contribution in [0.25, 0.3) is 0 Å². The van der Waals surface area contributed by atoms with Crippen molar-refractivity contribution in [3.63, 3.8) is 0 Å². The van der Waals surface area contributed by atoms with E-state index in [1.54, 1.807) is 19.1 Å². The minimum absolute atomic E-state index is 0.345. The van der Waals surface area contributed by atoms with Gasteiger partial charge in [-0.2, -0.15) is 10.5 Å². The second-order valence-electron chi connectivity index (χ2n) is 4.63. The smallest absolute Gasteiger partial charge is 0.423 e. The molecule has 0 unspecified atom stereocenters. The van der Waals surface area contributed by atoms with E-state index in [-0.39, 0.29) is 0 Å². The molecule has 0 aliphatic heterocycles. The van der Waals surface area contributed by atoms with Crippen LogP contribution in [0.3, 0.4) is 0 Å². The lowest BCUT2D eigenvalue weighted by atomic mass is 9.79. The van der Waals surface area contributed by atoms with Crippen molar-refractivity contribution in [3.05, 3.63) is 63.1 Å². The van der Waals surface area contributed by atoms with Crippen molar-refractivity contribution in [2.75, 3.05) is 0 Å². The lowest BCUT2D eigenvalue weighted by Gasteiger charge is -2.01. The van der Waals surface area contributed by atoms with Crippen molar-refractivity contribution in [3.8, 4) is 12.1 Å². The van der Waals surface area contributed by atoms with Crippen LogP contribution in [-0.4, -0.2) is 17.2 Å². The van der Waals surface area contributed by atoms with Crippen LogP contribution in [0.4, 0.5) is 0 Å². The highest BCUT2D eigenvalue weighted by Crippen LogP contribution is 2.14. The van der Waals surface area contributed by atoms with Crippen LogP contribution < -0.4 is 5.46 Å². The minimum Gasteiger partial charge on any atom is -0.423 e. The predicted molar refractivity (Wildman–Crippen MR) is 89.3 cm³/mol. The first-order chi connectivity index (χ1) is 10.4. The van der Waals surface area contributed by atoms with Gasteiger partial charge in [0, 0.05) is 4.47 Å². The Bertz CT molecular complexity index is 749. The molecule has 2 rings (SSSR count). The molecule has 22 heavy (non-hydrogen) atoms. The van der Waals surface area contributed by atoms with Crippen LogP contribution in [-0.2, 0) is 0 Å². The lowest BCUT2D eigenvalue weighted by molar-refractivity contribution is 0.426. The van der Waals surface area contributed by atoms with Gasteiger partial charge in [-0.05, 0) is 48.6 Å². The summed E-state index contributed by atoms with van der Waals surface area (Å²) in [5.74, 6) is 0. The Morgan fingerprint density at radius 3 is 1.86 bits per heavy atom. The van der Waals surface area contributed by atoms with E-state index in [4.69, 9.17) is 20.6 Å². The molecule has 4 nitrogen and oxygen atoms in total. The molecule has 0 aromatic heterocycles. The predicted octanol–water partition coefficient (Wildman–Crippen LogP) is 2.18. The molecule has 2 N–H and O–H groups in total. The molecule has 0 fully saturated rings. The molecule has 0 radical (unpaired) electrons. The van der Waals surface area contributed by atoms with Gasteiger partial charge in [0.15, 0.2) is 0 Å². The average molecular weight is 357 g/mol. The molecule has 0 bridgehead atoms. The van der Waals surface area contributed by atoms with Crippen LogP contribution in [0.1, 0.15) is 22.3 Å². The van der Waals surface area contributed by atoms with Gasteiger partial charge in [-0.15, -0.1) is 0 Å². The highest BCUT2D eigenvalue weighted by atomic mass is 79.9. The van der Waals surface area contributed by atoms with E-state index in [9.17, 15) is 0 Å². The van der Waals surface area contributed by atoms with Gasteiger partial charge < -0.3 is 10.0 Å². The highest BCUT2D eigenvalue weighted by Gasteiger charge is 2.11. The van der Waals surface area contributed by atoms with Gasteiger partial charge in [0.1, 0.15) is 0 Å². The first-order valence-electron chi connectivity index (χ1n) is 6.42. The monoisotopic (exact) mass is 356 g/mol. The summed E-state index contributed by atoms with van der Waals surface area (Å²) in [6, 6.07) is 14.5. The summed E-state index contributed by atoms with van der Waals surface area (Å²) in [5.41, 5.74) is 3.40. The number of hydrogen-bond donors (Lipinski definition) is 2. The first kappa shape index (κ1) is 17.9. The Morgan fingerprint density at radius 2 is 1.41 bits per heavy atom. The Kier molecular flexibility index (Phi) is 6.81. The summed E-state index contributed by atoms with van der Waals surface area (Å²) in [6.07, 6.45) is 0. The molecule has 0 aliphatic carbocycles. The van der Waals surface area contributed by atoms with E-state index in [2.05, 4.69) is 22.0 Å². The van der Waals surface area contributed by atoms with Gasteiger partial charge in [-0.1, -0.05) is 34.1 Å². The molecular weight excluding hydrogens is 343 g/mol. The van der Waals surface area contributed by atoms with Crippen molar-refractivity contribution in [1.29, 1.82) is 10.5 Å². The zero-order valence-electron chi connectivity index (χ0n) is 12.2. The summed E-state index contributed by atoms with van der Waals surface area (Å²) in [6.45, 7) is 3.72. The Balaban J connectivity index is 0.000000224. The van der Waals surface area contributed by atoms with Gasteiger partial charge in [-0.25, -0.2) is 0 Å². The van der Waals surface area contributed by atoms with Crippen LogP contribution in [0.2, 0.25) is 0 Å². The maximum Gasteiger partial charge on any atom is 0.488 e. The fourth-order valence-electron chi connectivity index (χ4n) is 1.64. The largest absolute Gasteiger partial charge is 0.488 e. The van der Waals surface area contributed by atoms with Crippen LogP contribution in [0.5, 0.6) is 0 Å². The maximum absolute atomic E-state index is 8.78. The zero-order valence-corrected chi connectivity index (χ0v) is 13.8. The Morgan fingerprint density at radius 1 is 0.909 bits per heavy atom. The van der Waals surface area contributed by atoms with E-state index in [1.165, 1.54) is 6.07 Å². The third kappa shape index (κ3) is 5.02. The summed E-state index contributed by atoms with van der Waals surface area (Å²) in [4.78, 5) is 0. The average Bonchev–Trinajstić information content (AvgIpc) is 2.50. The van der Waals surface area contributed by atoms with Crippen LogP contribution in [0.15, 0.2) is 40.9 Å². The summed E-state index contributed by atoms with van der Waals surface area (Å²) < 4.78 is 0.953. The molecule has 0 heterocycles. The molecule has 0 aliphatic rings. The van der Waals surface area contributed by atoms with Gasteiger partial charge in [0.05, 0.1) is 23.3 Å². The van der Waals surface area contributed by atoms with Crippen molar-refractivity contribution >= 4 is 28.5 Å². The molecule has 2 aromatic rings. The fraction of sp³-hybridized carbons (Fsp3) is 0.125. The van der Waals surface area contributed by atoms with E-state index in [0.29, 0.717) is 11.0 Å². The molecular formula is C16H14BBrN2O2.